The lowest BCUT2D eigenvalue weighted by Crippen LogP contribution is -2.60. The monoisotopic (exact) mass is 586 g/mol. The fraction of sp³-hybridized carbons (Fsp3) is 0.464. The molecule has 2 fully saturated rings. The van der Waals surface area contributed by atoms with Gasteiger partial charge in [0.2, 0.25) is 18.1 Å². The molecule has 0 aliphatic carbocycles. The Hall–Kier alpha value is -3.79. The van der Waals surface area contributed by atoms with Crippen molar-refractivity contribution < 1.29 is 39.5 Å². The first-order chi connectivity index (χ1) is 20.1. The molecule has 2 amide bonds. The van der Waals surface area contributed by atoms with Crippen LogP contribution in [-0.2, 0) is 14.3 Å². The lowest BCUT2D eigenvalue weighted by Gasteiger charge is -2.40. The number of ether oxygens (including phenoxy) is 2. The third-order valence-corrected chi connectivity index (χ3v) is 7.34. The molecule has 0 spiro atoms. The summed E-state index contributed by atoms with van der Waals surface area (Å²) in [7, 11) is 1.98. The number of anilines is 1. The summed E-state index contributed by atoms with van der Waals surface area (Å²) < 4.78 is 11.4. The highest BCUT2D eigenvalue weighted by Crippen LogP contribution is 2.32. The third-order valence-electron chi connectivity index (χ3n) is 7.34. The zero-order chi connectivity index (χ0) is 30.4. The minimum atomic E-state index is -1.66. The topological polar surface area (TPSA) is 214 Å². The number of nitrogens with zero attached hydrogens (tertiary/aromatic N) is 2. The summed E-state index contributed by atoms with van der Waals surface area (Å²) in [4.78, 5) is 30.3. The second kappa shape index (κ2) is 13.9. The Kier molecular flexibility index (Phi) is 10.3. The quantitative estimate of drug-likeness (QED) is 0.115. The highest BCUT2D eigenvalue weighted by Gasteiger charge is 2.45. The number of aliphatic hydroxyl groups is 4. The fourth-order valence-corrected chi connectivity index (χ4v) is 4.78. The van der Waals surface area contributed by atoms with Crippen molar-refractivity contribution in [1.29, 1.82) is 5.41 Å². The zero-order valence-corrected chi connectivity index (χ0v) is 23.2. The molecule has 2 heterocycles. The van der Waals surface area contributed by atoms with Gasteiger partial charge in [-0.25, -0.2) is 0 Å². The highest BCUT2D eigenvalue weighted by atomic mass is 16.7. The number of carbonyl (C=O) groups excluding carboxylic acids is 2. The number of amidine groups is 1. The van der Waals surface area contributed by atoms with E-state index in [0.717, 1.165) is 13.1 Å². The van der Waals surface area contributed by atoms with E-state index in [-0.39, 0.29) is 24.0 Å². The maximum Gasteiger partial charge on any atom is 0.247 e. The number of para-hydroxylation sites is 1. The average Bonchev–Trinajstić information content (AvgIpc) is 2.99. The largest absolute Gasteiger partial charge is 0.462 e. The van der Waals surface area contributed by atoms with Gasteiger partial charge in [0.15, 0.2) is 0 Å². The van der Waals surface area contributed by atoms with Crippen LogP contribution in [0.3, 0.4) is 0 Å². The predicted octanol–water partition coefficient (Wildman–Crippen LogP) is -1.81. The number of nitrogens with two attached hydrogens (primary N) is 1. The Balaban J connectivity index is 1.59. The number of aliphatic hydroxyl groups excluding tert-OH is 4. The average molecular weight is 587 g/mol. The highest BCUT2D eigenvalue weighted by molar-refractivity contribution is 5.96. The molecule has 4 rings (SSSR count). The molecular formula is C28H38N6O8. The van der Waals surface area contributed by atoms with Gasteiger partial charge in [-0.15, -0.1) is 0 Å². The molecule has 6 atom stereocenters. The molecule has 0 bridgehead atoms. The van der Waals surface area contributed by atoms with Crippen molar-refractivity contribution in [1.82, 2.24) is 15.1 Å². The van der Waals surface area contributed by atoms with Crippen LogP contribution in [-0.4, -0.2) is 125 Å². The Bertz CT molecular complexity index is 1250. The number of rotatable bonds is 10. The maximum absolute atomic E-state index is 13.6. The number of amides is 2. The van der Waals surface area contributed by atoms with Crippen LogP contribution < -0.4 is 21.1 Å². The summed E-state index contributed by atoms with van der Waals surface area (Å²) in [5.74, 6) is -0.846. The van der Waals surface area contributed by atoms with Crippen LogP contribution >= 0.6 is 0 Å². The van der Waals surface area contributed by atoms with Gasteiger partial charge in [0, 0.05) is 43.0 Å². The summed E-state index contributed by atoms with van der Waals surface area (Å²) in [6, 6.07) is 11.9. The number of carbonyl (C=O) groups is 2. The predicted molar refractivity (Wildman–Crippen MR) is 152 cm³/mol. The summed E-state index contributed by atoms with van der Waals surface area (Å²) in [5.41, 5.74) is 6.83. The van der Waals surface area contributed by atoms with Crippen molar-refractivity contribution in [3.8, 4) is 5.75 Å². The standard InChI is InChI=1S/C28H38N6O8/c1-33-9-11-34(12-10-33)21(36)14-31-27(40)22(32-17-6-4-5-16(13-17)26(29)30)18-7-2-3-8-19(18)41-28-25(39)24(38)23(37)20(15-35)42-28/h2-8,13,20,22-25,28,32,35,37-39H,9-12,14-15H2,1H3,(H3,29,30)(H,31,40)/t20-,22-,23-,24+,25-,28-/m1/s1. The van der Waals surface area contributed by atoms with Gasteiger partial charge < -0.3 is 56.1 Å². The molecule has 0 aromatic heterocycles. The number of piperazine rings is 1. The van der Waals surface area contributed by atoms with Crippen LogP contribution in [0.2, 0.25) is 0 Å². The Morgan fingerprint density at radius 1 is 1.07 bits per heavy atom. The molecule has 14 heteroatoms. The summed E-state index contributed by atoms with van der Waals surface area (Å²) in [5, 5.41) is 54.0. The van der Waals surface area contributed by atoms with Crippen molar-refractivity contribution in [2.24, 2.45) is 5.73 Å². The molecule has 228 valence electrons. The maximum atomic E-state index is 13.6. The van der Waals surface area contributed by atoms with E-state index in [1.165, 1.54) is 6.07 Å². The molecule has 0 saturated carbocycles. The van der Waals surface area contributed by atoms with Crippen LogP contribution in [0.15, 0.2) is 48.5 Å². The van der Waals surface area contributed by atoms with Crippen molar-refractivity contribution in [2.75, 3.05) is 51.7 Å². The molecule has 2 aliphatic rings. The van der Waals surface area contributed by atoms with E-state index in [9.17, 15) is 30.0 Å². The lowest BCUT2D eigenvalue weighted by molar-refractivity contribution is -0.277. The van der Waals surface area contributed by atoms with Gasteiger partial charge in [0.05, 0.1) is 13.2 Å². The van der Waals surface area contributed by atoms with Gasteiger partial charge in [-0.3, -0.25) is 15.0 Å². The van der Waals surface area contributed by atoms with Gasteiger partial charge in [-0.05, 0) is 25.2 Å². The minimum absolute atomic E-state index is 0.0996. The van der Waals surface area contributed by atoms with Crippen LogP contribution in [0.4, 0.5) is 5.69 Å². The molecule has 2 saturated heterocycles. The smallest absolute Gasteiger partial charge is 0.247 e. The van der Waals surface area contributed by atoms with E-state index in [1.54, 1.807) is 47.4 Å². The van der Waals surface area contributed by atoms with E-state index in [2.05, 4.69) is 15.5 Å². The summed E-state index contributed by atoms with van der Waals surface area (Å²) >= 11 is 0. The normalized spacial score (nSPS) is 25.4. The van der Waals surface area contributed by atoms with Gasteiger partial charge in [-0.1, -0.05) is 30.3 Å². The number of hydrogen-bond donors (Lipinski definition) is 8. The first-order valence-electron chi connectivity index (χ1n) is 13.6. The Morgan fingerprint density at radius 3 is 2.48 bits per heavy atom. The van der Waals surface area contributed by atoms with Crippen LogP contribution in [0.1, 0.15) is 17.2 Å². The van der Waals surface area contributed by atoms with E-state index >= 15 is 0 Å². The lowest BCUT2D eigenvalue weighted by atomic mass is 9.99. The molecular weight excluding hydrogens is 548 g/mol. The Labute approximate surface area is 243 Å². The SMILES string of the molecule is CN1CCN(C(=O)CNC(=O)[C@H](Nc2cccc(C(=N)N)c2)c2ccccc2O[C@@H]2O[C@H](CO)[C@@H](O)[C@H](O)[C@H]2O)CC1. The molecule has 2 aromatic rings. The number of nitrogen functional groups attached to an aromatic ring is 1. The number of benzene rings is 2. The molecule has 0 radical (unpaired) electrons. The van der Waals surface area contributed by atoms with Crippen molar-refractivity contribution >= 4 is 23.3 Å². The van der Waals surface area contributed by atoms with Crippen molar-refractivity contribution in [3.63, 3.8) is 0 Å². The summed E-state index contributed by atoms with van der Waals surface area (Å²) in [6.07, 6.45) is -7.55. The fourth-order valence-electron chi connectivity index (χ4n) is 4.78. The Morgan fingerprint density at radius 2 is 1.79 bits per heavy atom. The second-order valence-corrected chi connectivity index (χ2v) is 10.3. The summed E-state index contributed by atoms with van der Waals surface area (Å²) in [6.45, 7) is 1.72. The minimum Gasteiger partial charge on any atom is -0.462 e. The van der Waals surface area contributed by atoms with Crippen LogP contribution in [0.25, 0.3) is 0 Å². The van der Waals surface area contributed by atoms with Crippen molar-refractivity contribution in [3.05, 3.63) is 59.7 Å². The van der Waals surface area contributed by atoms with Crippen LogP contribution in [0, 0.1) is 5.41 Å². The number of hydrogen-bond acceptors (Lipinski definition) is 11. The van der Waals surface area contributed by atoms with Crippen LogP contribution in [0.5, 0.6) is 5.75 Å². The van der Waals surface area contributed by atoms with Gasteiger partial charge in [-0.2, -0.15) is 0 Å². The van der Waals surface area contributed by atoms with Gasteiger partial charge in [0.25, 0.3) is 0 Å². The van der Waals surface area contributed by atoms with Crippen molar-refractivity contribution in [2.45, 2.75) is 36.7 Å². The third kappa shape index (κ3) is 7.34. The van der Waals surface area contributed by atoms with E-state index < -0.39 is 49.3 Å². The molecule has 0 unspecified atom stereocenters. The molecule has 2 aliphatic heterocycles. The zero-order valence-electron chi connectivity index (χ0n) is 23.2. The first kappa shape index (κ1) is 31.2. The van der Waals surface area contributed by atoms with Gasteiger partial charge >= 0.3 is 0 Å². The molecule has 14 nitrogen and oxygen atoms in total. The second-order valence-electron chi connectivity index (χ2n) is 10.3. The first-order valence-corrected chi connectivity index (χ1v) is 13.6. The molecule has 42 heavy (non-hydrogen) atoms. The molecule has 2 aromatic carbocycles. The molecule has 9 N–H and O–H groups in total. The van der Waals surface area contributed by atoms with E-state index in [0.29, 0.717) is 29.9 Å². The number of likely N-dealkylation sites (N-methyl/N-ethyl adjacent to an activating group) is 1. The number of nitrogens with one attached hydrogen (secondary N) is 3. The van der Waals surface area contributed by atoms with Gasteiger partial charge in [0.1, 0.15) is 42.0 Å². The van der Waals surface area contributed by atoms with E-state index in [1.807, 2.05) is 7.05 Å². The van der Waals surface area contributed by atoms with E-state index in [4.69, 9.17) is 20.6 Å².